The average Bonchev–Trinajstić information content (AvgIpc) is 3.03. The summed E-state index contributed by atoms with van der Waals surface area (Å²) in [5.41, 5.74) is 1.28. The van der Waals surface area contributed by atoms with Gasteiger partial charge in [0.1, 0.15) is 6.04 Å². The standard InChI is InChI=1S/C19H25N3O5/c1-13(19(26)27)22(11-9-20-14(2)23)18(25)16-7-5-15(6-8-16)12-21-10-3-4-17(21)24/h5-8,13H,3-4,9-12H2,1-2H3,(H,20,23)(H,26,27). The number of rotatable bonds is 8. The second kappa shape index (κ2) is 9.16. The highest BCUT2D eigenvalue weighted by molar-refractivity contribution is 5.96. The molecule has 1 aliphatic rings. The molecule has 0 bridgehead atoms. The highest BCUT2D eigenvalue weighted by atomic mass is 16.4. The van der Waals surface area contributed by atoms with Crippen LogP contribution < -0.4 is 5.32 Å². The Hall–Kier alpha value is -2.90. The third-order valence-corrected chi connectivity index (χ3v) is 4.56. The van der Waals surface area contributed by atoms with Crippen molar-refractivity contribution in [1.29, 1.82) is 0 Å². The first-order valence-electron chi connectivity index (χ1n) is 8.94. The molecule has 8 nitrogen and oxygen atoms in total. The average molecular weight is 375 g/mol. The van der Waals surface area contributed by atoms with Gasteiger partial charge in [-0.25, -0.2) is 4.79 Å². The number of nitrogens with zero attached hydrogens (tertiary/aromatic N) is 2. The van der Waals surface area contributed by atoms with E-state index in [4.69, 9.17) is 0 Å². The summed E-state index contributed by atoms with van der Waals surface area (Å²) in [6, 6.07) is 5.80. The summed E-state index contributed by atoms with van der Waals surface area (Å²) >= 11 is 0. The van der Waals surface area contributed by atoms with Crippen LogP contribution in [0.15, 0.2) is 24.3 Å². The summed E-state index contributed by atoms with van der Waals surface area (Å²) in [6.07, 6.45) is 1.44. The van der Waals surface area contributed by atoms with Gasteiger partial charge in [-0.15, -0.1) is 0 Å². The molecule has 1 saturated heterocycles. The molecule has 146 valence electrons. The quantitative estimate of drug-likeness (QED) is 0.701. The molecule has 27 heavy (non-hydrogen) atoms. The summed E-state index contributed by atoms with van der Waals surface area (Å²) in [6.45, 7) is 4.30. The number of benzene rings is 1. The minimum Gasteiger partial charge on any atom is -0.480 e. The number of likely N-dealkylation sites (tertiary alicyclic amines) is 1. The monoisotopic (exact) mass is 375 g/mol. The van der Waals surface area contributed by atoms with Crippen LogP contribution in [0.4, 0.5) is 0 Å². The molecule has 0 saturated carbocycles. The molecule has 0 spiro atoms. The number of carboxylic acid groups (broad SMARTS) is 1. The zero-order valence-electron chi connectivity index (χ0n) is 15.6. The van der Waals surface area contributed by atoms with E-state index >= 15 is 0 Å². The molecule has 1 fully saturated rings. The lowest BCUT2D eigenvalue weighted by Gasteiger charge is -2.27. The van der Waals surface area contributed by atoms with Gasteiger partial charge in [-0.1, -0.05) is 12.1 Å². The lowest BCUT2D eigenvalue weighted by atomic mass is 10.1. The van der Waals surface area contributed by atoms with Crippen LogP contribution in [0.5, 0.6) is 0 Å². The number of hydrogen-bond donors (Lipinski definition) is 2. The van der Waals surface area contributed by atoms with E-state index in [0.29, 0.717) is 18.5 Å². The number of carboxylic acids is 1. The predicted molar refractivity (Wildman–Crippen MR) is 97.9 cm³/mol. The molecule has 1 atom stereocenters. The second-order valence-corrected chi connectivity index (χ2v) is 6.61. The first-order chi connectivity index (χ1) is 12.8. The Morgan fingerprint density at radius 2 is 1.93 bits per heavy atom. The minimum atomic E-state index is -1.12. The number of amides is 3. The Morgan fingerprint density at radius 3 is 2.44 bits per heavy atom. The van der Waals surface area contributed by atoms with Gasteiger partial charge < -0.3 is 20.2 Å². The van der Waals surface area contributed by atoms with Crippen molar-refractivity contribution in [2.45, 2.75) is 39.3 Å². The topological polar surface area (TPSA) is 107 Å². The molecule has 3 amide bonds. The van der Waals surface area contributed by atoms with Crippen LogP contribution in [0, 0.1) is 0 Å². The van der Waals surface area contributed by atoms with E-state index in [1.54, 1.807) is 29.2 Å². The molecule has 0 aromatic heterocycles. The lowest BCUT2D eigenvalue weighted by molar-refractivity contribution is -0.141. The summed E-state index contributed by atoms with van der Waals surface area (Å²) < 4.78 is 0. The SMILES string of the molecule is CC(=O)NCCN(C(=O)c1ccc(CN2CCCC2=O)cc1)C(C)C(=O)O. The Morgan fingerprint density at radius 1 is 1.26 bits per heavy atom. The van der Waals surface area contributed by atoms with Crippen molar-refractivity contribution >= 4 is 23.7 Å². The number of carbonyl (C=O) groups excluding carboxylic acids is 3. The Labute approximate surface area is 158 Å². The molecule has 1 aromatic rings. The van der Waals surface area contributed by atoms with Crippen molar-refractivity contribution in [1.82, 2.24) is 15.1 Å². The number of nitrogens with one attached hydrogen (secondary N) is 1. The summed E-state index contributed by atoms with van der Waals surface area (Å²) in [4.78, 5) is 49.8. The molecule has 1 heterocycles. The van der Waals surface area contributed by atoms with Gasteiger partial charge in [0.15, 0.2) is 0 Å². The van der Waals surface area contributed by atoms with Gasteiger partial charge in [0.05, 0.1) is 0 Å². The van der Waals surface area contributed by atoms with Crippen molar-refractivity contribution in [2.24, 2.45) is 0 Å². The van der Waals surface area contributed by atoms with Crippen molar-refractivity contribution in [3.8, 4) is 0 Å². The second-order valence-electron chi connectivity index (χ2n) is 6.61. The van der Waals surface area contributed by atoms with E-state index in [2.05, 4.69) is 5.32 Å². The highest BCUT2D eigenvalue weighted by Gasteiger charge is 2.26. The van der Waals surface area contributed by atoms with Gasteiger partial charge >= 0.3 is 5.97 Å². The minimum absolute atomic E-state index is 0.0932. The van der Waals surface area contributed by atoms with E-state index < -0.39 is 17.9 Å². The van der Waals surface area contributed by atoms with Crippen LogP contribution in [0.3, 0.4) is 0 Å². The molecule has 2 rings (SSSR count). The molecule has 2 N–H and O–H groups in total. The fraction of sp³-hybridized carbons (Fsp3) is 0.474. The predicted octanol–water partition coefficient (Wildman–Crippen LogP) is 0.860. The van der Waals surface area contributed by atoms with Gasteiger partial charge in [-0.2, -0.15) is 0 Å². The molecule has 8 heteroatoms. The van der Waals surface area contributed by atoms with Crippen LogP contribution in [0.1, 0.15) is 42.6 Å². The smallest absolute Gasteiger partial charge is 0.326 e. The summed E-state index contributed by atoms with van der Waals surface area (Å²) in [5.74, 6) is -1.64. The van der Waals surface area contributed by atoms with Crippen LogP contribution in [0.2, 0.25) is 0 Å². The lowest BCUT2D eigenvalue weighted by Crippen LogP contribution is -2.46. The van der Waals surface area contributed by atoms with Crippen LogP contribution >= 0.6 is 0 Å². The molecule has 0 aliphatic carbocycles. The summed E-state index contributed by atoms with van der Waals surface area (Å²) in [7, 11) is 0. The Balaban J connectivity index is 2.07. The molecule has 1 aromatic carbocycles. The highest BCUT2D eigenvalue weighted by Crippen LogP contribution is 2.16. The largest absolute Gasteiger partial charge is 0.480 e. The van der Waals surface area contributed by atoms with Crippen LogP contribution in [0.25, 0.3) is 0 Å². The third-order valence-electron chi connectivity index (χ3n) is 4.56. The van der Waals surface area contributed by atoms with Crippen LogP contribution in [-0.4, -0.2) is 64.3 Å². The van der Waals surface area contributed by atoms with Crippen molar-refractivity contribution < 1.29 is 24.3 Å². The van der Waals surface area contributed by atoms with E-state index in [-0.39, 0.29) is 24.9 Å². The van der Waals surface area contributed by atoms with E-state index in [1.807, 2.05) is 0 Å². The fourth-order valence-corrected chi connectivity index (χ4v) is 2.97. The zero-order valence-corrected chi connectivity index (χ0v) is 15.6. The molecular formula is C19H25N3O5. The summed E-state index contributed by atoms with van der Waals surface area (Å²) in [5, 5.41) is 11.8. The van der Waals surface area contributed by atoms with E-state index in [1.165, 1.54) is 18.7 Å². The first kappa shape index (κ1) is 20.4. The van der Waals surface area contributed by atoms with Gasteiger partial charge in [-0.05, 0) is 31.0 Å². The van der Waals surface area contributed by atoms with Gasteiger partial charge in [0.25, 0.3) is 5.91 Å². The van der Waals surface area contributed by atoms with Gasteiger partial charge in [0, 0.05) is 45.1 Å². The Kier molecular flexibility index (Phi) is 6.92. The number of hydrogen-bond acceptors (Lipinski definition) is 4. The van der Waals surface area contributed by atoms with Gasteiger partial charge in [-0.3, -0.25) is 14.4 Å². The first-order valence-corrected chi connectivity index (χ1v) is 8.94. The molecule has 1 unspecified atom stereocenters. The van der Waals surface area contributed by atoms with Crippen molar-refractivity contribution in [2.75, 3.05) is 19.6 Å². The third kappa shape index (κ3) is 5.54. The Bertz CT molecular complexity index is 717. The maximum absolute atomic E-state index is 12.8. The molecule has 1 aliphatic heterocycles. The van der Waals surface area contributed by atoms with Crippen molar-refractivity contribution in [3.63, 3.8) is 0 Å². The van der Waals surface area contributed by atoms with Gasteiger partial charge in [0.2, 0.25) is 11.8 Å². The van der Waals surface area contributed by atoms with E-state index in [9.17, 15) is 24.3 Å². The number of carbonyl (C=O) groups is 4. The normalized spacial score (nSPS) is 14.7. The number of aliphatic carboxylic acids is 1. The zero-order chi connectivity index (χ0) is 20.0. The maximum atomic E-state index is 12.8. The molecule has 0 radical (unpaired) electrons. The van der Waals surface area contributed by atoms with Crippen molar-refractivity contribution in [3.05, 3.63) is 35.4 Å². The van der Waals surface area contributed by atoms with Crippen LogP contribution in [-0.2, 0) is 20.9 Å². The molecular weight excluding hydrogens is 350 g/mol. The fourth-order valence-electron chi connectivity index (χ4n) is 2.97. The van der Waals surface area contributed by atoms with E-state index in [0.717, 1.165) is 18.5 Å². The maximum Gasteiger partial charge on any atom is 0.326 e.